The summed E-state index contributed by atoms with van der Waals surface area (Å²) < 4.78 is 66.9. The SMILES string of the molecule is CN(C)S(=O)(=O)c1ccc(Cl)c(C(=O)Nc2ccc(OCC(F)(F)F)c(C#N)c2)c1. The maximum Gasteiger partial charge on any atom is 0.422 e. The zero-order chi connectivity index (χ0) is 22.7. The van der Waals surface area contributed by atoms with Crippen LogP contribution in [0, 0.1) is 11.3 Å². The molecule has 0 fully saturated rings. The number of amides is 1. The van der Waals surface area contributed by atoms with E-state index >= 15 is 0 Å². The van der Waals surface area contributed by atoms with Gasteiger partial charge in [0.2, 0.25) is 10.0 Å². The van der Waals surface area contributed by atoms with Crippen molar-refractivity contribution in [3.05, 3.63) is 52.5 Å². The lowest BCUT2D eigenvalue weighted by Crippen LogP contribution is -2.23. The Balaban J connectivity index is 2.29. The van der Waals surface area contributed by atoms with E-state index in [1.54, 1.807) is 6.07 Å². The molecule has 2 aromatic carbocycles. The molecule has 0 heterocycles. The maximum absolute atomic E-state index is 12.6. The molecule has 0 aromatic heterocycles. The van der Waals surface area contributed by atoms with Crippen LogP contribution in [0.2, 0.25) is 5.02 Å². The smallest absolute Gasteiger partial charge is 0.422 e. The largest absolute Gasteiger partial charge is 0.483 e. The van der Waals surface area contributed by atoms with Crippen LogP contribution in [0.3, 0.4) is 0 Å². The summed E-state index contributed by atoms with van der Waals surface area (Å²) in [5, 5.41) is 11.5. The van der Waals surface area contributed by atoms with Gasteiger partial charge in [0.15, 0.2) is 6.61 Å². The number of anilines is 1. The van der Waals surface area contributed by atoms with Crippen LogP contribution in [-0.2, 0) is 10.0 Å². The second-order valence-corrected chi connectivity index (χ2v) is 8.67. The average molecular weight is 462 g/mol. The van der Waals surface area contributed by atoms with Gasteiger partial charge in [-0.05, 0) is 36.4 Å². The van der Waals surface area contributed by atoms with Crippen molar-refractivity contribution < 1.29 is 31.1 Å². The van der Waals surface area contributed by atoms with E-state index < -0.39 is 28.7 Å². The molecule has 0 aliphatic heterocycles. The van der Waals surface area contributed by atoms with Crippen molar-refractivity contribution in [2.45, 2.75) is 11.1 Å². The Morgan fingerprint density at radius 1 is 1.23 bits per heavy atom. The van der Waals surface area contributed by atoms with Crippen LogP contribution in [-0.4, -0.2) is 45.5 Å². The first-order valence-electron chi connectivity index (χ1n) is 8.12. The van der Waals surface area contributed by atoms with Crippen LogP contribution >= 0.6 is 11.6 Å². The fourth-order valence-electron chi connectivity index (χ4n) is 2.23. The number of sulfonamides is 1. The second-order valence-electron chi connectivity index (χ2n) is 6.11. The van der Waals surface area contributed by atoms with E-state index in [-0.39, 0.29) is 32.5 Å². The van der Waals surface area contributed by atoms with Crippen molar-refractivity contribution in [1.29, 1.82) is 5.26 Å². The minimum Gasteiger partial charge on any atom is -0.483 e. The van der Waals surface area contributed by atoms with Crippen molar-refractivity contribution in [3.63, 3.8) is 0 Å². The molecule has 160 valence electrons. The number of hydrogen-bond acceptors (Lipinski definition) is 5. The minimum absolute atomic E-state index is 0.0177. The lowest BCUT2D eigenvalue weighted by molar-refractivity contribution is -0.153. The number of nitrogens with zero attached hydrogens (tertiary/aromatic N) is 2. The molecule has 1 N–H and O–H groups in total. The molecule has 30 heavy (non-hydrogen) atoms. The van der Waals surface area contributed by atoms with Gasteiger partial charge in [-0.15, -0.1) is 0 Å². The number of carbonyl (C=O) groups excluding carboxylic acids is 1. The first-order valence-corrected chi connectivity index (χ1v) is 9.94. The highest BCUT2D eigenvalue weighted by Crippen LogP contribution is 2.27. The highest BCUT2D eigenvalue weighted by atomic mass is 35.5. The predicted molar refractivity (Wildman–Crippen MR) is 103 cm³/mol. The lowest BCUT2D eigenvalue weighted by atomic mass is 10.1. The standard InChI is InChI=1S/C18H15ClF3N3O4S/c1-25(2)30(27,28)13-4-5-15(19)14(8-13)17(26)24-12-3-6-16(11(7-12)9-23)29-10-18(20,21)22/h3-8H,10H2,1-2H3,(H,24,26). The molecule has 2 aromatic rings. The number of rotatable bonds is 6. The number of nitrogens with one attached hydrogen (secondary N) is 1. The third-order valence-corrected chi connectivity index (χ3v) is 5.85. The molecule has 0 aliphatic rings. The molecule has 0 bridgehead atoms. The number of carbonyl (C=O) groups is 1. The molecule has 1 amide bonds. The summed E-state index contributed by atoms with van der Waals surface area (Å²) in [6.45, 7) is -1.57. The van der Waals surface area contributed by atoms with Gasteiger partial charge in [0.25, 0.3) is 5.91 Å². The highest BCUT2D eigenvalue weighted by Gasteiger charge is 2.29. The van der Waals surface area contributed by atoms with Gasteiger partial charge in [-0.2, -0.15) is 18.4 Å². The minimum atomic E-state index is -4.58. The maximum atomic E-state index is 12.6. The lowest BCUT2D eigenvalue weighted by Gasteiger charge is -2.14. The summed E-state index contributed by atoms with van der Waals surface area (Å²) in [4.78, 5) is 12.4. The van der Waals surface area contributed by atoms with Crippen molar-refractivity contribution in [2.75, 3.05) is 26.0 Å². The number of nitriles is 1. The van der Waals surface area contributed by atoms with Gasteiger partial charge in [0.05, 0.1) is 21.0 Å². The van der Waals surface area contributed by atoms with Gasteiger partial charge >= 0.3 is 6.18 Å². The molecule has 0 atom stereocenters. The summed E-state index contributed by atoms with van der Waals surface area (Å²) in [6.07, 6.45) is -4.58. The van der Waals surface area contributed by atoms with Crippen LogP contribution in [0.5, 0.6) is 5.75 Å². The highest BCUT2D eigenvalue weighted by molar-refractivity contribution is 7.89. The Hall–Kier alpha value is -2.81. The fraction of sp³-hybridized carbons (Fsp3) is 0.222. The molecule has 0 saturated carbocycles. The van der Waals surface area contributed by atoms with Crippen molar-refractivity contribution >= 4 is 33.2 Å². The van der Waals surface area contributed by atoms with Crippen molar-refractivity contribution in [2.24, 2.45) is 0 Å². The topological polar surface area (TPSA) is 99.5 Å². The average Bonchev–Trinajstić information content (AvgIpc) is 2.66. The summed E-state index contributed by atoms with van der Waals surface area (Å²) in [7, 11) is -1.16. The number of ether oxygens (including phenoxy) is 1. The molecule has 0 aliphatic carbocycles. The zero-order valence-electron chi connectivity index (χ0n) is 15.6. The van der Waals surface area contributed by atoms with E-state index in [0.717, 1.165) is 22.5 Å². The number of halogens is 4. The predicted octanol–water partition coefficient (Wildman–Crippen LogP) is 3.66. The van der Waals surface area contributed by atoms with Gasteiger partial charge in [-0.1, -0.05) is 11.6 Å². The van der Waals surface area contributed by atoms with Crippen molar-refractivity contribution in [3.8, 4) is 11.8 Å². The Kier molecular flexibility index (Phi) is 6.97. The Morgan fingerprint density at radius 2 is 1.90 bits per heavy atom. The van der Waals surface area contributed by atoms with Gasteiger partial charge in [-0.25, -0.2) is 12.7 Å². The van der Waals surface area contributed by atoms with Crippen molar-refractivity contribution in [1.82, 2.24) is 4.31 Å². The first kappa shape index (κ1) is 23.5. The zero-order valence-corrected chi connectivity index (χ0v) is 17.2. The quantitative estimate of drug-likeness (QED) is 0.707. The van der Waals surface area contributed by atoms with Gasteiger partial charge in [-0.3, -0.25) is 4.79 Å². The molecule has 0 saturated heterocycles. The first-order chi connectivity index (χ1) is 13.8. The molecular weight excluding hydrogens is 447 g/mol. The molecule has 7 nitrogen and oxygen atoms in total. The molecule has 0 unspecified atom stereocenters. The number of hydrogen-bond donors (Lipinski definition) is 1. The normalized spacial score (nSPS) is 11.8. The van der Waals surface area contributed by atoms with E-state index in [4.69, 9.17) is 16.9 Å². The molecule has 0 radical (unpaired) electrons. The molecule has 0 spiro atoms. The van der Waals surface area contributed by atoms with E-state index in [0.29, 0.717) is 0 Å². The van der Waals surface area contributed by atoms with Crippen LogP contribution in [0.4, 0.5) is 18.9 Å². The molecule has 12 heteroatoms. The summed E-state index contributed by atoms with van der Waals surface area (Å²) in [5.74, 6) is -1.08. The monoisotopic (exact) mass is 461 g/mol. The Labute approximate surface area is 175 Å². The molecule has 2 rings (SSSR count). The summed E-state index contributed by atoms with van der Waals surface area (Å²) in [5.41, 5.74) is -0.296. The van der Waals surface area contributed by atoms with Crippen LogP contribution in [0.25, 0.3) is 0 Å². The van der Waals surface area contributed by atoms with E-state index in [2.05, 4.69) is 10.1 Å². The number of alkyl halides is 3. The van der Waals surface area contributed by atoms with E-state index in [9.17, 15) is 26.4 Å². The fourth-order valence-corrected chi connectivity index (χ4v) is 3.36. The van der Waals surface area contributed by atoms with Crippen LogP contribution in [0.1, 0.15) is 15.9 Å². The van der Waals surface area contributed by atoms with Crippen LogP contribution in [0.15, 0.2) is 41.3 Å². The summed E-state index contributed by atoms with van der Waals surface area (Å²) >= 11 is 6.01. The van der Waals surface area contributed by atoms with E-state index in [1.165, 1.54) is 32.3 Å². The van der Waals surface area contributed by atoms with Crippen LogP contribution < -0.4 is 10.1 Å². The second kappa shape index (κ2) is 8.91. The Morgan fingerprint density at radius 3 is 2.47 bits per heavy atom. The van der Waals surface area contributed by atoms with Gasteiger partial charge < -0.3 is 10.1 Å². The molecular formula is C18H15ClF3N3O4S. The third-order valence-electron chi connectivity index (χ3n) is 3.71. The Bertz CT molecular complexity index is 1110. The van der Waals surface area contributed by atoms with E-state index in [1.807, 2.05) is 0 Å². The summed E-state index contributed by atoms with van der Waals surface area (Å²) in [6, 6.07) is 8.74. The number of benzene rings is 2. The third kappa shape index (κ3) is 5.63. The van der Waals surface area contributed by atoms with Gasteiger partial charge in [0, 0.05) is 19.8 Å². The van der Waals surface area contributed by atoms with Gasteiger partial charge in [0.1, 0.15) is 11.8 Å².